The Kier molecular flexibility index (Phi) is 5.37. The predicted octanol–water partition coefficient (Wildman–Crippen LogP) is 4.45. The molecule has 0 fully saturated rings. The van der Waals surface area contributed by atoms with Gasteiger partial charge in [0.2, 0.25) is 5.91 Å². The zero-order chi connectivity index (χ0) is 24.2. The fraction of sp³-hybridized carbons (Fsp3) is 0.200. The van der Waals surface area contributed by atoms with Crippen molar-refractivity contribution in [2.45, 2.75) is 26.3 Å². The number of furan rings is 1. The number of carbonyl (C=O) groups excluding carboxylic acids is 1. The van der Waals surface area contributed by atoms with Gasteiger partial charge < -0.3 is 14.2 Å². The molecule has 0 spiro atoms. The Morgan fingerprint density at radius 1 is 1.12 bits per heavy atom. The monoisotopic (exact) mass is 497 g/mol. The maximum Gasteiger partial charge on any atom is 0.340 e. The number of aryl methyl sites for hydroxylation is 2. The van der Waals surface area contributed by atoms with E-state index in [0.29, 0.717) is 32.7 Å². The molecule has 0 saturated heterocycles. The lowest BCUT2D eigenvalue weighted by Crippen LogP contribution is -2.37. The molecule has 0 radical (unpaired) electrons. The third-order valence-corrected chi connectivity index (χ3v) is 7.76. The molecule has 0 bridgehead atoms. The lowest BCUT2D eigenvalue weighted by Gasteiger charge is -2.12. The van der Waals surface area contributed by atoms with E-state index in [-0.39, 0.29) is 17.7 Å². The van der Waals surface area contributed by atoms with Gasteiger partial charge in [0, 0.05) is 32.3 Å². The maximum absolute atomic E-state index is 12.8. The molecule has 2 aromatic carbocycles. The van der Waals surface area contributed by atoms with E-state index in [4.69, 9.17) is 20.4 Å². The summed E-state index contributed by atoms with van der Waals surface area (Å²) in [5, 5.41) is 5.91. The van der Waals surface area contributed by atoms with Crippen molar-refractivity contribution in [2.24, 2.45) is 0 Å². The number of nitrogens with one attached hydrogen (secondary N) is 1. The van der Waals surface area contributed by atoms with Crippen LogP contribution in [0.5, 0.6) is 0 Å². The number of sulfone groups is 1. The first-order chi connectivity index (χ1) is 16.1. The Bertz CT molecular complexity index is 1660. The van der Waals surface area contributed by atoms with Crippen molar-refractivity contribution in [2.75, 3.05) is 5.75 Å². The van der Waals surface area contributed by atoms with E-state index in [1.54, 1.807) is 25.3 Å². The number of carbonyl (C=O) groups is 1. The summed E-state index contributed by atoms with van der Waals surface area (Å²) >= 11 is 6.02. The van der Waals surface area contributed by atoms with Crippen LogP contribution < -0.4 is 10.9 Å². The summed E-state index contributed by atoms with van der Waals surface area (Å²) < 4.78 is 34.6. The molecule has 1 N–H and O–H groups in total. The van der Waals surface area contributed by atoms with Crippen molar-refractivity contribution in [3.8, 4) is 11.1 Å². The molecule has 174 valence electrons. The molecule has 0 saturated carbocycles. The fourth-order valence-electron chi connectivity index (χ4n) is 4.34. The van der Waals surface area contributed by atoms with Crippen LogP contribution in [0.15, 0.2) is 61.7 Å². The Hall–Kier alpha value is -3.36. The van der Waals surface area contributed by atoms with Crippen molar-refractivity contribution in [1.29, 1.82) is 0 Å². The Morgan fingerprint density at radius 2 is 1.85 bits per heavy atom. The van der Waals surface area contributed by atoms with Gasteiger partial charge in [-0.25, -0.2) is 13.2 Å². The first-order valence-electron chi connectivity index (χ1n) is 10.6. The zero-order valence-corrected chi connectivity index (χ0v) is 19.9. The molecule has 4 aromatic rings. The van der Waals surface area contributed by atoms with Gasteiger partial charge >= 0.3 is 5.63 Å². The summed E-state index contributed by atoms with van der Waals surface area (Å²) in [5.41, 5.74) is 3.74. The number of amides is 1. The van der Waals surface area contributed by atoms with E-state index in [0.717, 1.165) is 21.9 Å². The van der Waals surface area contributed by atoms with Crippen LogP contribution in [0.2, 0.25) is 5.02 Å². The number of benzene rings is 2. The van der Waals surface area contributed by atoms with Gasteiger partial charge in [0.15, 0.2) is 9.84 Å². The van der Waals surface area contributed by atoms with E-state index >= 15 is 0 Å². The molecule has 9 heteroatoms. The average Bonchev–Trinajstić information content (AvgIpc) is 3.35. The minimum absolute atomic E-state index is 0.185. The molecule has 2 aromatic heterocycles. The number of hydrogen-bond donors (Lipinski definition) is 1. The highest BCUT2D eigenvalue weighted by Gasteiger charge is 2.25. The molecule has 1 atom stereocenters. The summed E-state index contributed by atoms with van der Waals surface area (Å²) in [6.45, 7) is 3.59. The van der Waals surface area contributed by atoms with Crippen LogP contribution in [0.1, 0.15) is 16.7 Å². The summed E-state index contributed by atoms with van der Waals surface area (Å²) in [6, 6.07) is 8.69. The zero-order valence-electron chi connectivity index (χ0n) is 18.3. The second kappa shape index (κ2) is 8.14. The summed E-state index contributed by atoms with van der Waals surface area (Å²) in [6.07, 6.45) is 2.87. The van der Waals surface area contributed by atoms with Crippen LogP contribution in [0.4, 0.5) is 0 Å². The molecule has 7 nitrogen and oxygen atoms in total. The second-order valence-electron chi connectivity index (χ2n) is 8.41. The number of hydrogen-bond acceptors (Lipinski definition) is 6. The second-order valence-corrected chi connectivity index (χ2v) is 10.8. The SMILES string of the molecule is Cc1c(CC(=O)N[C@H]2C=CS(=O)(=O)C2)c(=O)oc2c(C)c3occ(-c4ccc(Cl)cc4)c3cc12. The van der Waals surface area contributed by atoms with Gasteiger partial charge in [0.05, 0.1) is 30.0 Å². The lowest BCUT2D eigenvalue weighted by molar-refractivity contribution is -0.120. The first kappa shape index (κ1) is 22.4. The quantitative estimate of drug-likeness (QED) is 0.417. The molecule has 3 heterocycles. The van der Waals surface area contributed by atoms with E-state index < -0.39 is 27.4 Å². The van der Waals surface area contributed by atoms with Gasteiger partial charge in [-0.1, -0.05) is 23.7 Å². The minimum Gasteiger partial charge on any atom is -0.463 e. The van der Waals surface area contributed by atoms with Crippen molar-refractivity contribution < 1.29 is 22.0 Å². The molecule has 5 rings (SSSR count). The molecule has 1 aliphatic rings. The van der Waals surface area contributed by atoms with Crippen LogP contribution in [-0.4, -0.2) is 26.1 Å². The van der Waals surface area contributed by atoms with Crippen LogP contribution in [0, 0.1) is 13.8 Å². The summed E-state index contributed by atoms with van der Waals surface area (Å²) in [5.74, 6) is -0.640. The smallest absolute Gasteiger partial charge is 0.340 e. The first-order valence-corrected chi connectivity index (χ1v) is 12.7. The summed E-state index contributed by atoms with van der Waals surface area (Å²) in [4.78, 5) is 25.4. The van der Waals surface area contributed by atoms with E-state index in [2.05, 4.69) is 5.32 Å². The van der Waals surface area contributed by atoms with Gasteiger partial charge in [-0.05, 0) is 49.2 Å². The molecule has 0 aliphatic carbocycles. The normalized spacial score (nSPS) is 17.0. The van der Waals surface area contributed by atoms with Crippen molar-refractivity contribution in [3.05, 3.63) is 80.2 Å². The average molecular weight is 498 g/mol. The highest BCUT2D eigenvalue weighted by molar-refractivity contribution is 7.94. The molecule has 34 heavy (non-hydrogen) atoms. The van der Waals surface area contributed by atoms with Crippen LogP contribution in [0.3, 0.4) is 0 Å². The van der Waals surface area contributed by atoms with Crippen LogP contribution in [-0.2, 0) is 21.1 Å². The molecular formula is C25H20ClNO6S. The highest BCUT2D eigenvalue weighted by Crippen LogP contribution is 2.37. The Balaban J connectivity index is 1.56. The predicted molar refractivity (Wildman–Crippen MR) is 131 cm³/mol. The van der Waals surface area contributed by atoms with Gasteiger partial charge in [0.25, 0.3) is 0 Å². The third-order valence-electron chi connectivity index (χ3n) is 6.11. The molecule has 1 aliphatic heterocycles. The standard InChI is InChI=1S/C25H20ClNO6S/c1-13-18-9-20-21(15-3-5-16(26)6-4-15)11-32-23(20)14(2)24(18)33-25(29)19(13)10-22(28)27-17-7-8-34(30,31)12-17/h3-9,11,17H,10,12H2,1-2H3,(H,27,28)/t17-/m0/s1. The van der Waals surface area contributed by atoms with Gasteiger partial charge in [0.1, 0.15) is 11.2 Å². The maximum atomic E-state index is 12.8. The largest absolute Gasteiger partial charge is 0.463 e. The minimum atomic E-state index is -3.30. The van der Waals surface area contributed by atoms with E-state index in [9.17, 15) is 18.0 Å². The highest BCUT2D eigenvalue weighted by atomic mass is 35.5. The molecule has 0 unspecified atom stereocenters. The topological polar surface area (TPSA) is 107 Å². The summed E-state index contributed by atoms with van der Waals surface area (Å²) in [7, 11) is -3.30. The number of halogens is 1. The van der Waals surface area contributed by atoms with Crippen LogP contribution in [0.25, 0.3) is 33.1 Å². The van der Waals surface area contributed by atoms with Crippen molar-refractivity contribution >= 4 is 49.3 Å². The van der Waals surface area contributed by atoms with E-state index in [1.165, 1.54) is 6.08 Å². The molecular weight excluding hydrogens is 478 g/mol. The van der Waals surface area contributed by atoms with Gasteiger partial charge in [-0.3, -0.25) is 4.79 Å². The number of fused-ring (bicyclic) bond motifs is 2. The Labute approximate surface area is 199 Å². The van der Waals surface area contributed by atoms with Crippen molar-refractivity contribution in [3.63, 3.8) is 0 Å². The Morgan fingerprint density at radius 3 is 2.53 bits per heavy atom. The van der Waals surface area contributed by atoms with Crippen LogP contribution >= 0.6 is 11.6 Å². The lowest BCUT2D eigenvalue weighted by atomic mass is 9.97. The fourth-order valence-corrected chi connectivity index (χ4v) is 5.70. The molecule has 1 amide bonds. The van der Waals surface area contributed by atoms with Gasteiger partial charge in [-0.2, -0.15) is 0 Å². The number of rotatable bonds is 4. The van der Waals surface area contributed by atoms with Crippen molar-refractivity contribution in [1.82, 2.24) is 5.32 Å². The van der Waals surface area contributed by atoms with E-state index in [1.807, 2.05) is 25.1 Å². The third kappa shape index (κ3) is 3.93. The van der Waals surface area contributed by atoms with Gasteiger partial charge in [-0.15, -0.1) is 0 Å².